The average Bonchev–Trinajstić information content (AvgIpc) is 2.86. The first-order valence-electron chi connectivity index (χ1n) is 11.2. The van der Waals surface area contributed by atoms with Crippen LogP contribution in [0.5, 0.6) is 5.75 Å². The van der Waals surface area contributed by atoms with E-state index in [-0.39, 0.29) is 18.1 Å². The average molecular weight is 487 g/mol. The number of nitrogen functional groups attached to an aromatic ring is 1. The molecule has 0 aliphatic carbocycles. The third-order valence-electron chi connectivity index (χ3n) is 5.96. The summed E-state index contributed by atoms with van der Waals surface area (Å²) in [5.74, 6) is 0.112. The van der Waals surface area contributed by atoms with Gasteiger partial charge in [-0.2, -0.15) is 5.26 Å². The Morgan fingerprint density at radius 3 is 2.97 bits per heavy atom. The Hall–Kier alpha value is -2.90. The third-order valence-corrected chi connectivity index (χ3v) is 6.28. The second-order valence-corrected chi connectivity index (χ2v) is 8.56. The van der Waals surface area contributed by atoms with Crippen LogP contribution in [0.25, 0.3) is 0 Å². The van der Waals surface area contributed by atoms with Crippen molar-refractivity contribution in [1.29, 1.82) is 5.26 Å². The van der Waals surface area contributed by atoms with Crippen molar-refractivity contribution in [3.63, 3.8) is 0 Å². The maximum atomic E-state index is 12.9. The summed E-state index contributed by atoms with van der Waals surface area (Å²) in [7, 11) is 3.15. The molecule has 2 aromatic rings. The van der Waals surface area contributed by atoms with E-state index in [1.807, 2.05) is 0 Å². The first-order valence-corrected chi connectivity index (χ1v) is 11.6. The minimum Gasteiger partial charge on any atom is -0.496 e. The van der Waals surface area contributed by atoms with Crippen molar-refractivity contribution in [2.75, 3.05) is 46.1 Å². The predicted octanol–water partition coefficient (Wildman–Crippen LogP) is 2.20. The lowest BCUT2D eigenvalue weighted by Gasteiger charge is -2.38. The fraction of sp³-hybridized carbons (Fsp3) is 0.458. The van der Waals surface area contributed by atoms with Gasteiger partial charge in [0.15, 0.2) is 0 Å². The first-order chi connectivity index (χ1) is 16.5. The number of halogens is 1. The number of aromatic nitrogens is 1. The van der Waals surface area contributed by atoms with E-state index in [1.165, 1.54) is 13.2 Å². The Labute approximate surface area is 205 Å². The molecule has 0 spiro atoms. The van der Waals surface area contributed by atoms with Crippen molar-refractivity contribution >= 4 is 23.2 Å². The number of hydrogen-bond acceptors (Lipinski definition) is 8. The highest BCUT2D eigenvalue weighted by Crippen LogP contribution is 2.29. The number of carbonyl (C=O) groups excluding carboxylic acids is 1. The molecule has 1 fully saturated rings. The molecule has 2 heterocycles. The van der Waals surface area contributed by atoms with Crippen molar-refractivity contribution < 1.29 is 14.3 Å². The molecule has 1 saturated heterocycles. The second-order valence-electron chi connectivity index (χ2n) is 8.16. The molecule has 4 N–H and O–H groups in total. The van der Waals surface area contributed by atoms with Crippen LogP contribution in [-0.4, -0.2) is 68.3 Å². The van der Waals surface area contributed by atoms with Crippen LogP contribution < -0.4 is 21.1 Å². The van der Waals surface area contributed by atoms with Crippen molar-refractivity contribution in [2.24, 2.45) is 0 Å². The van der Waals surface area contributed by atoms with Gasteiger partial charge in [-0.3, -0.25) is 9.78 Å². The molecule has 0 radical (unpaired) electrons. The van der Waals surface area contributed by atoms with E-state index in [2.05, 4.69) is 26.6 Å². The monoisotopic (exact) mass is 486 g/mol. The lowest BCUT2D eigenvalue weighted by Crippen LogP contribution is -2.55. The van der Waals surface area contributed by atoms with Gasteiger partial charge >= 0.3 is 0 Å². The Balaban J connectivity index is 1.46. The maximum Gasteiger partial charge on any atom is 0.255 e. The highest BCUT2D eigenvalue weighted by atomic mass is 35.5. The number of rotatable bonds is 10. The number of likely N-dealkylation sites (tertiary alicyclic amines) is 1. The highest BCUT2D eigenvalue weighted by molar-refractivity contribution is 6.33. The Morgan fingerprint density at radius 1 is 1.41 bits per heavy atom. The molecular formula is C24H31ClN6O3. The van der Waals surface area contributed by atoms with Gasteiger partial charge in [-0.05, 0) is 44.1 Å². The van der Waals surface area contributed by atoms with Crippen LogP contribution in [-0.2, 0) is 11.3 Å². The lowest BCUT2D eigenvalue weighted by atomic mass is 10.0. The summed E-state index contributed by atoms with van der Waals surface area (Å²) in [6.45, 7) is 3.86. The Bertz CT molecular complexity index is 1030. The van der Waals surface area contributed by atoms with Crippen LogP contribution in [0, 0.1) is 11.3 Å². The number of hydrogen-bond donors (Lipinski definition) is 3. The van der Waals surface area contributed by atoms with Gasteiger partial charge in [-0.15, -0.1) is 0 Å². The number of carbonyl (C=O) groups is 1. The van der Waals surface area contributed by atoms with Crippen molar-refractivity contribution in [3.05, 3.63) is 52.3 Å². The van der Waals surface area contributed by atoms with Gasteiger partial charge in [0.2, 0.25) is 0 Å². The molecule has 3 rings (SSSR count). The molecule has 1 amide bonds. The van der Waals surface area contributed by atoms with Crippen LogP contribution in [0.3, 0.4) is 0 Å². The minimum absolute atomic E-state index is 0.124. The molecule has 1 aliphatic rings. The Morgan fingerprint density at radius 2 is 2.24 bits per heavy atom. The molecule has 1 aromatic carbocycles. The van der Waals surface area contributed by atoms with Crippen LogP contribution in [0.1, 0.15) is 34.5 Å². The van der Waals surface area contributed by atoms with Gasteiger partial charge < -0.3 is 30.7 Å². The quantitative estimate of drug-likeness (QED) is 0.344. The third kappa shape index (κ3) is 6.58. The van der Waals surface area contributed by atoms with Crippen molar-refractivity contribution in [1.82, 2.24) is 20.5 Å². The molecule has 1 aromatic heterocycles. The van der Waals surface area contributed by atoms with E-state index in [4.69, 9.17) is 32.1 Å². The largest absolute Gasteiger partial charge is 0.496 e. The first kappa shape index (κ1) is 25.7. The van der Waals surface area contributed by atoms with Crippen molar-refractivity contribution in [2.45, 2.75) is 31.5 Å². The second kappa shape index (κ2) is 12.5. The number of nitrogens with two attached hydrogens (primary N) is 1. The number of methoxy groups -OCH3 is 2. The number of nitriles is 1. The molecule has 34 heavy (non-hydrogen) atoms. The van der Waals surface area contributed by atoms with E-state index in [1.54, 1.807) is 31.5 Å². The standard InChI is InChI=1S/C24H31ClN6O3/c1-33-22-12-19(27)18(25)11-17(22)24(32)30-20-6-10-31(15-23(20)34-2)9-4-7-28-14-21-16(13-26)5-3-8-29-21/h3,5,8,11-12,20,23,28H,4,6-7,9-10,14-15,27H2,1-2H3,(H,30,32). The smallest absolute Gasteiger partial charge is 0.255 e. The van der Waals surface area contributed by atoms with Gasteiger partial charge in [0.1, 0.15) is 11.8 Å². The van der Waals surface area contributed by atoms with Crippen molar-refractivity contribution in [3.8, 4) is 11.8 Å². The molecule has 2 unspecified atom stereocenters. The number of anilines is 1. The highest BCUT2D eigenvalue weighted by Gasteiger charge is 2.31. The van der Waals surface area contributed by atoms with E-state index in [0.29, 0.717) is 34.1 Å². The Kier molecular flexibility index (Phi) is 9.48. The van der Waals surface area contributed by atoms with E-state index < -0.39 is 0 Å². The molecule has 0 saturated carbocycles. The summed E-state index contributed by atoms with van der Waals surface area (Å²) in [6, 6.07) is 8.66. The predicted molar refractivity (Wildman–Crippen MR) is 131 cm³/mol. The summed E-state index contributed by atoms with van der Waals surface area (Å²) in [5.41, 5.74) is 7.89. The zero-order valence-corrected chi connectivity index (χ0v) is 20.3. The molecule has 1 aliphatic heterocycles. The van der Waals surface area contributed by atoms with Gasteiger partial charge in [0.25, 0.3) is 5.91 Å². The zero-order valence-electron chi connectivity index (χ0n) is 19.5. The number of nitrogens with zero attached hydrogens (tertiary/aromatic N) is 3. The SMILES string of the molecule is COc1cc(N)c(Cl)cc1C(=O)NC1CCN(CCCNCc2ncccc2C#N)CC1OC. The van der Waals surface area contributed by atoms with Gasteiger partial charge in [0, 0.05) is 39.0 Å². The molecular weight excluding hydrogens is 456 g/mol. The molecule has 10 heteroatoms. The topological polar surface area (TPSA) is 126 Å². The summed E-state index contributed by atoms with van der Waals surface area (Å²) in [4.78, 5) is 19.5. The number of pyridine rings is 1. The lowest BCUT2D eigenvalue weighted by molar-refractivity contribution is 0.00616. The number of piperidine rings is 1. The van der Waals surface area contributed by atoms with Crippen LogP contribution in [0.2, 0.25) is 5.02 Å². The fourth-order valence-electron chi connectivity index (χ4n) is 4.06. The summed E-state index contributed by atoms with van der Waals surface area (Å²) in [5, 5.41) is 15.9. The summed E-state index contributed by atoms with van der Waals surface area (Å²) < 4.78 is 11.0. The van der Waals surface area contributed by atoms with Gasteiger partial charge in [-0.1, -0.05) is 11.6 Å². The fourth-order valence-corrected chi connectivity index (χ4v) is 4.23. The van der Waals surface area contributed by atoms with E-state index >= 15 is 0 Å². The summed E-state index contributed by atoms with van der Waals surface area (Å²) >= 11 is 6.11. The number of ether oxygens (including phenoxy) is 2. The molecule has 2 atom stereocenters. The van der Waals surface area contributed by atoms with E-state index in [0.717, 1.165) is 44.7 Å². The normalized spacial score (nSPS) is 18.3. The van der Waals surface area contributed by atoms with Crippen LogP contribution in [0.4, 0.5) is 5.69 Å². The molecule has 9 nitrogen and oxygen atoms in total. The maximum absolute atomic E-state index is 12.9. The number of amides is 1. The van der Waals surface area contributed by atoms with Gasteiger partial charge in [0.05, 0.1) is 46.8 Å². The van der Waals surface area contributed by atoms with Crippen LogP contribution >= 0.6 is 11.6 Å². The molecule has 0 bridgehead atoms. The number of benzene rings is 1. The van der Waals surface area contributed by atoms with Gasteiger partial charge in [-0.25, -0.2) is 0 Å². The molecule has 182 valence electrons. The minimum atomic E-state index is -0.269. The van der Waals surface area contributed by atoms with E-state index in [9.17, 15) is 4.79 Å². The van der Waals surface area contributed by atoms with Crippen LogP contribution in [0.15, 0.2) is 30.5 Å². The zero-order chi connectivity index (χ0) is 24.5. The number of nitrogens with one attached hydrogen (secondary N) is 2. The summed E-state index contributed by atoms with van der Waals surface area (Å²) in [6.07, 6.45) is 3.28.